The molecule has 3 aliphatic carbocycles. The molecule has 2 unspecified atom stereocenters. The number of amides is 1. The van der Waals surface area contributed by atoms with Crippen LogP contribution in [-0.4, -0.2) is 28.9 Å². The molecule has 2 heterocycles. The number of fused-ring (bicyclic) bond motifs is 1. The van der Waals surface area contributed by atoms with Crippen LogP contribution in [0.25, 0.3) is 0 Å². The first-order valence-electron chi connectivity index (χ1n) is 7.24. The molecule has 5 aliphatic rings. The molecule has 2 N–H and O–H groups in total. The molecular weight excluding hydrogens is 248 g/mol. The van der Waals surface area contributed by atoms with Gasteiger partial charge in [-0.25, -0.2) is 0 Å². The number of hydrogen-bond donors (Lipinski definition) is 1. The summed E-state index contributed by atoms with van der Waals surface area (Å²) in [6, 6.07) is 0.528. The van der Waals surface area contributed by atoms with Crippen LogP contribution in [0.2, 0.25) is 0 Å². The van der Waals surface area contributed by atoms with Crippen molar-refractivity contribution in [1.82, 2.24) is 4.90 Å². The number of halogens is 1. The highest BCUT2D eigenvalue weighted by molar-refractivity contribution is 5.89. The number of carbonyl (C=O) groups is 1. The van der Waals surface area contributed by atoms with E-state index in [0.717, 1.165) is 37.1 Å². The third kappa shape index (κ3) is 1.87. The van der Waals surface area contributed by atoms with E-state index in [1.54, 1.807) is 0 Å². The van der Waals surface area contributed by atoms with Crippen LogP contribution < -0.4 is 5.73 Å². The maximum Gasteiger partial charge on any atom is 0.242 e. The fraction of sp³-hybridized carbons (Fsp3) is 0.929. The van der Waals surface area contributed by atoms with Crippen LogP contribution in [-0.2, 0) is 4.79 Å². The summed E-state index contributed by atoms with van der Waals surface area (Å²) >= 11 is 0. The van der Waals surface area contributed by atoms with Crippen molar-refractivity contribution in [3.8, 4) is 0 Å². The predicted octanol–water partition coefficient (Wildman–Crippen LogP) is 1.94. The monoisotopic (exact) mass is 270 g/mol. The van der Waals surface area contributed by atoms with Gasteiger partial charge < -0.3 is 10.6 Å². The molecule has 0 aromatic rings. The van der Waals surface area contributed by atoms with Gasteiger partial charge in [0.25, 0.3) is 0 Å². The predicted molar refractivity (Wildman–Crippen MR) is 72.5 cm³/mol. The number of carbonyl (C=O) groups excluding carboxylic acids is 1. The summed E-state index contributed by atoms with van der Waals surface area (Å²) in [5, 5.41) is 0. The van der Waals surface area contributed by atoms with E-state index in [4.69, 9.17) is 5.73 Å². The Kier molecular flexibility index (Phi) is 2.91. The molecule has 5 rings (SSSR count). The molecule has 2 atom stereocenters. The molecule has 3 saturated carbocycles. The first-order chi connectivity index (χ1) is 8.14. The maximum atomic E-state index is 12.5. The zero-order valence-corrected chi connectivity index (χ0v) is 11.6. The fourth-order valence-electron chi connectivity index (χ4n) is 4.67. The Morgan fingerprint density at radius 1 is 1.00 bits per heavy atom. The Morgan fingerprint density at radius 3 is 2.11 bits per heavy atom. The summed E-state index contributed by atoms with van der Waals surface area (Å²) < 4.78 is 0. The molecule has 2 saturated heterocycles. The molecule has 4 bridgehead atoms. The third-order valence-electron chi connectivity index (χ3n) is 5.58. The molecule has 18 heavy (non-hydrogen) atoms. The standard InChI is InChI=1S/C14H22N2O.ClH/c15-14(1-2-14)13(17)16-8-11-4-9-3-10(5-11)7-12(16)6-9;/h9-12H,1-8,15H2;1H. The molecule has 0 aromatic carbocycles. The minimum atomic E-state index is -0.457. The van der Waals surface area contributed by atoms with E-state index in [1.807, 2.05) is 0 Å². The molecule has 4 heteroatoms. The average molecular weight is 271 g/mol. The van der Waals surface area contributed by atoms with Crippen LogP contribution in [0.3, 0.4) is 0 Å². The van der Waals surface area contributed by atoms with Gasteiger partial charge in [0.2, 0.25) is 5.91 Å². The lowest BCUT2D eigenvalue weighted by Gasteiger charge is -2.39. The maximum absolute atomic E-state index is 12.5. The summed E-state index contributed by atoms with van der Waals surface area (Å²) in [5.74, 6) is 2.86. The smallest absolute Gasteiger partial charge is 0.242 e. The Morgan fingerprint density at radius 2 is 1.56 bits per heavy atom. The summed E-state index contributed by atoms with van der Waals surface area (Å²) in [5.41, 5.74) is 5.65. The van der Waals surface area contributed by atoms with Gasteiger partial charge in [-0.2, -0.15) is 0 Å². The van der Waals surface area contributed by atoms with Gasteiger partial charge in [0, 0.05) is 12.6 Å². The van der Waals surface area contributed by atoms with Crippen molar-refractivity contribution < 1.29 is 4.79 Å². The Bertz CT molecular complexity index is 355. The molecule has 2 aliphatic heterocycles. The van der Waals surface area contributed by atoms with E-state index in [1.165, 1.54) is 32.1 Å². The second-order valence-electron chi connectivity index (χ2n) is 7.04. The highest BCUT2D eigenvalue weighted by Crippen LogP contribution is 2.48. The van der Waals surface area contributed by atoms with Gasteiger partial charge in [-0.05, 0) is 62.7 Å². The molecule has 1 amide bonds. The van der Waals surface area contributed by atoms with Gasteiger partial charge in [-0.1, -0.05) is 0 Å². The Labute approximate surface area is 115 Å². The van der Waals surface area contributed by atoms with Crippen molar-refractivity contribution in [3.63, 3.8) is 0 Å². The molecule has 0 radical (unpaired) electrons. The first kappa shape index (κ1) is 12.7. The van der Waals surface area contributed by atoms with Crippen LogP contribution >= 0.6 is 12.4 Å². The number of nitrogens with zero attached hydrogens (tertiary/aromatic N) is 1. The van der Waals surface area contributed by atoms with Crippen molar-refractivity contribution in [2.24, 2.45) is 23.5 Å². The quantitative estimate of drug-likeness (QED) is 0.792. The molecule has 102 valence electrons. The van der Waals surface area contributed by atoms with Crippen molar-refractivity contribution in [1.29, 1.82) is 0 Å². The second kappa shape index (κ2) is 4.11. The van der Waals surface area contributed by atoms with E-state index in [-0.39, 0.29) is 18.3 Å². The van der Waals surface area contributed by atoms with Crippen LogP contribution in [0.5, 0.6) is 0 Å². The van der Waals surface area contributed by atoms with Crippen LogP contribution in [0.4, 0.5) is 0 Å². The minimum absolute atomic E-state index is 0. The highest BCUT2D eigenvalue weighted by Gasteiger charge is 2.52. The molecule has 5 fully saturated rings. The first-order valence-corrected chi connectivity index (χ1v) is 7.24. The van der Waals surface area contributed by atoms with Crippen molar-refractivity contribution in [2.45, 2.75) is 56.5 Å². The summed E-state index contributed by atoms with van der Waals surface area (Å²) in [4.78, 5) is 14.7. The molecule has 0 aromatic heterocycles. The molecular formula is C14H23ClN2O. The Balaban J connectivity index is 0.000001000. The lowest BCUT2D eigenvalue weighted by molar-refractivity contribution is -0.136. The van der Waals surface area contributed by atoms with Gasteiger partial charge in [0.05, 0.1) is 5.54 Å². The largest absolute Gasteiger partial charge is 0.338 e. The van der Waals surface area contributed by atoms with Crippen LogP contribution in [0.15, 0.2) is 0 Å². The van der Waals surface area contributed by atoms with Gasteiger partial charge in [0.15, 0.2) is 0 Å². The lowest BCUT2D eigenvalue weighted by atomic mass is 9.68. The SMILES string of the molecule is Cl.NC1(C(=O)N2CC3CC4CC(C3)CC2C4)CC1. The summed E-state index contributed by atoms with van der Waals surface area (Å²) in [7, 11) is 0. The topological polar surface area (TPSA) is 46.3 Å². The van der Waals surface area contributed by atoms with E-state index in [2.05, 4.69) is 4.90 Å². The average Bonchev–Trinajstić information content (AvgIpc) is 3.05. The van der Waals surface area contributed by atoms with E-state index in [0.29, 0.717) is 6.04 Å². The van der Waals surface area contributed by atoms with Crippen LogP contribution in [0.1, 0.15) is 44.9 Å². The van der Waals surface area contributed by atoms with Crippen LogP contribution in [0, 0.1) is 17.8 Å². The summed E-state index contributed by atoms with van der Waals surface area (Å²) in [6.07, 6.45) is 8.51. The van der Waals surface area contributed by atoms with E-state index >= 15 is 0 Å². The van der Waals surface area contributed by atoms with Crippen molar-refractivity contribution in [3.05, 3.63) is 0 Å². The van der Waals surface area contributed by atoms with E-state index < -0.39 is 5.54 Å². The van der Waals surface area contributed by atoms with Gasteiger partial charge in [0.1, 0.15) is 0 Å². The molecule has 0 spiro atoms. The second-order valence-corrected chi connectivity index (χ2v) is 7.04. The van der Waals surface area contributed by atoms with Crippen molar-refractivity contribution >= 4 is 18.3 Å². The number of nitrogens with two attached hydrogens (primary N) is 1. The van der Waals surface area contributed by atoms with Crippen molar-refractivity contribution in [2.75, 3.05) is 6.54 Å². The zero-order valence-electron chi connectivity index (χ0n) is 10.8. The normalized spacial score (nSPS) is 43.3. The zero-order chi connectivity index (χ0) is 11.6. The third-order valence-corrected chi connectivity index (χ3v) is 5.58. The summed E-state index contributed by atoms with van der Waals surface area (Å²) in [6.45, 7) is 1.01. The Hall–Kier alpha value is -0.280. The van der Waals surface area contributed by atoms with E-state index in [9.17, 15) is 4.79 Å². The fourth-order valence-corrected chi connectivity index (χ4v) is 4.67. The van der Waals surface area contributed by atoms with Gasteiger partial charge in [-0.15, -0.1) is 12.4 Å². The number of rotatable bonds is 1. The van der Waals surface area contributed by atoms with Gasteiger partial charge in [-0.3, -0.25) is 4.79 Å². The lowest BCUT2D eigenvalue weighted by Crippen LogP contribution is -2.51. The number of hydrogen-bond acceptors (Lipinski definition) is 2. The molecule has 3 nitrogen and oxygen atoms in total. The van der Waals surface area contributed by atoms with Gasteiger partial charge >= 0.3 is 0 Å². The minimum Gasteiger partial charge on any atom is -0.338 e. The highest BCUT2D eigenvalue weighted by atomic mass is 35.5.